The third kappa shape index (κ3) is 3.18. The lowest BCUT2D eigenvalue weighted by molar-refractivity contribution is 0.105. The minimum absolute atomic E-state index is 0.0265. The van der Waals surface area contributed by atoms with Gasteiger partial charge in [-0.2, -0.15) is 9.97 Å². The van der Waals surface area contributed by atoms with E-state index in [1.165, 1.54) is 6.42 Å². The summed E-state index contributed by atoms with van der Waals surface area (Å²) in [6.45, 7) is 3.85. The molecule has 1 aromatic rings. The second-order valence-corrected chi connectivity index (χ2v) is 4.31. The zero-order chi connectivity index (χ0) is 12.3. The summed E-state index contributed by atoms with van der Waals surface area (Å²) in [5.74, 6) is 0.463. The molecule has 94 valence electrons. The monoisotopic (exact) mass is 238 g/mol. The molecule has 0 radical (unpaired) electrons. The number of nitrogens with one attached hydrogen (secondary N) is 1. The molecule has 1 fully saturated rings. The highest BCUT2D eigenvalue weighted by Crippen LogP contribution is 2.24. The molecule has 1 aromatic heterocycles. The molecule has 6 heteroatoms. The molecule has 1 aliphatic rings. The van der Waals surface area contributed by atoms with Crippen LogP contribution in [0.25, 0.3) is 0 Å². The van der Waals surface area contributed by atoms with Gasteiger partial charge in [0, 0.05) is 7.05 Å². The van der Waals surface area contributed by atoms with Gasteiger partial charge in [-0.3, -0.25) is 0 Å². The van der Waals surface area contributed by atoms with Crippen LogP contribution in [0, 0.1) is 0 Å². The van der Waals surface area contributed by atoms with Gasteiger partial charge in [0.25, 0.3) is 0 Å². The van der Waals surface area contributed by atoms with Crippen molar-refractivity contribution in [3.8, 4) is 12.0 Å². The summed E-state index contributed by atoms with van der Waals surface area (Å²) in [7, 11) is 1.75. The van der Waals surface area contributed by atoms with Crippen LogP contribution in [0.1, 0.15) is 33.1 Å². The molecule has 17 heavy (non-hydrogen) atoms. The van der Waals surface area contributed by atoms with Crippen LogP contribution in [-0.4, -0.2) is 34.2 Å². The third-order valence-corrected chi connectivity index (χ3v) is 2.48. The summed E-state index contributed by atoms with van der Waals surface area (Å²) in [5, 5.41) is 2.87. The van der Waals surface area contributed by atoms with Crippen molar-refractivity contribution in [2.24, 2.45) is 0 Å². The second-order valence-electron chi connectivity index (χ2n) is 4.31. The Bertz CT molecular complexity index is 380. The van der Waals surface area contributed by atoms with E-state index in [1.54, 1.807) is 7.05 Å². The lowest BCUT2D eigenvalue weighted by Gasteiger charge is -2.25. The highest BCUT2D eigenvalue weighted by molar-refractivity contribution is 5.26. The Kier molecular flexibility index (Phi) is 3.61. The minimum Gasteiger partial charge on any atom is -0.461 e. The van der Waals surface area contributed by atoms with Gasteiger partial charge in [0.2, 0.25) is 5.95 Å². The molecule has 6 nitrogen and oxygen atoms in total. The van der Waals surface area contributed by atoms with Crippen molar-refractivity contribution in [2.75, 3.05) is 12.4 Å². The van der Waals surface area contributed by atoms with Gasteiger partial charge in [0.05, 0.1) is 6.10 Å². The topological polar surface area (TPSA) is 69.2 Å². The van der Waals surface area contributed by atoms with Crippen molar-refractivity contribution < 1.29 is 9.47 Å². The Morgan fingerprint density at radius 1 is 1.18 bits per heavy atom. The van der Waals surface area contributed by atoms with E-state index in [2.05, 4.69) is 20.3 Å². The van der Waals surface area contributed by atoms with E-state index in [4.69, 9.17) is 9.47 Å². The summed E-state index contributed by atoms with van der Waals surface area (Å²) in [5.41, 5.74) is 0. The molecule has 0 atom stereocenters. The second kappa shape index (κ2) is 5.16. The van der Waals surface area contributed by atoms with Crippen LogP contribution in [0.4, 0.5) is 5.95 Å². The Balaban J connectivity index is 2.12. The Labute approximate surface area is 101 Å². The lowest BCUT2D eigenvalue weighted by Crippen LogP contribution is -2.26. The van der Waals surface area contributed by atoms with Gasteiger partial charge >= 0.3 is 12.0 Å². The van der Waals surface area contributed by atoms with Gasteiger partial charge < -0.3 is 14.8 Å². The van der Waals surface area contributed by atoms with E-state index in [9.17, 15) is 0 Å². The number of ether oxygens (including phenoxy) is 2. The number of hydrogen-bond donors (Lipinski definition) is 1. The van der Waals surface area contributed by atoms with E-state index >= 15 is 0 Å². The van der Waals surface area contributed by atoms with Gasteiger partial charge in [-0.1, -0.05) is 0 Å². The van der Waals surface area contributed by atoms with Crippen LogP contribution in [-0.2, 0) is 0 Å². The number of anilines is 1. The van der Waals surface area contributed by atoms with Crippen molar-refractivity contribution in [2.45, 2.75) is 45.3 Å². The molecule has 1 saturated carbocycles. The van der Waals surface area contributed by atoms with Gasteiger partial charge in [0.15, 0.2) is 0 Å². The molecule has 1 N–H and O–H groups in total. The molecule has 0 bridgehead atoms. The molecule has 0 amide bonds. The van der Waals surface area contributed by atoms with Crippen molar-refractivity contribution in [1.82, 2.24) is 15.0 Å². The molecular weight excluding hydrogens is 220 g/mol. The summed E-state index contributed by atoms with van der Waals surface area (Å²) < 4.78 is 11.1. The first-order chi connectivity index (χ1) is 8.17. The predicted octanol–water partition coefficient (Wildman–Crippen LogP) is 1.63. The Morgan fingerprint density at radius 3 is 2.41 bits per heavy atom. The standard InChI is InChI=1S/C11H18N4O2/c1-7(2)16-10-13-9(12-3)14-11(15-10)17-8-5-4-6-8/h7-8H,4-6H2,1-3H3,(H,12,13,14,15). The smallest absolute Gasteiger partial charge is 0.324 e. The van der Waals surface area contributed by atoms with Gasteiger partial charge in [-0.15, -0.1) is 4.98 Å². The number of aromatic nitrogens is 3. The van der Waals surface area contributed by atoms with Crippen molar-refractivity contribution in [3.05, 3.63) is 0 Å². The highest BCUT2D eigenvalue weighted by Gasteiger charge is 2.21. The maximum atomic E-state index is 5.63. The van der Waals surface area contributed by atoms with Crippen LogP contribution in [0.15, 0.2) is 0 Å². The number of hydrogen-bond acceptors (Lipinski definition) is 6. The fourth-order valence-electron chi connectivity index (χ4n) is 1.40. The van der Waals surface area contributed by atoms with Gasteiger partial charge in [0.1, 0.15) is 6.10 Å². The van der Waals surface area contributed by atoms with Crippen LogP contribution in [0.2, 0.25) is 0 Å². The number of rotatable bonds is 5. The lowest BCUT2D eigenvalue weighted by atomic mass is 9.96. The summed E-state index contributed by atoms with van der Waals surface area (Å²) in [6, 6.07) is 0.637. The average molecular weight is 238 g/mol. The summed E-state index contributed by atoms with van der Waals surface area (Å²) >= 11 is 0. The Hall–Kier alpha value is -1.59. The Morgan fingerprint density at radius 2 is 1.88 bits per heavy atom. The molecule has 2 rings (SSSR count). The van der Waals surface area contributed by atoms with E-state index in [0.29, 0.717) is 18.0 Å². The highest BCUT2D eigenvalue weighted by atomic mass is 16.5. The average Bonchev–Trinajstić information content (AvgIpc) is 2.22. The van der Waals surface area contributed by atoms with E-state index in [-0.39, 0.29) is 12.2 Å². The molecular formula is C11H18N4O2. The summed E-state index contributed by atoms with van der Waals surface area (Å²) in [4.78, 5) is 12.4. The third-order valence-electron chi connectivity index (χ3n) is 2.48. The van der Waals surface area contributed by atoms with Crippen LogP contribution in [0.5, 0.6) is 12.0 Å². The first kappa shape index (κ1) is 11.9. The fourth-order valence-corrected chi connectivity index (χ4v) is 1.40. The van der Waals surface area contributed by atoms with E-state index in [1.807, 2.05) is 13.8 Å². The van der Waals surface area contributed by atoms with Crippen LogP contribution >= 0.6 is 0 Å². The first-order valence-electron chi connectivity index (χ1n) is 5.94. The molecule has 1 aliphatic carbocycles. The molecule has 1 heterocycles. The van der Waals surface area contributed by atoms with Crippen molar-refractivity contribution >= 4 is 5.95 Å². The zero-order valence-electron chi connectivity index (χ0n) is 10.4. The zero-order valence-corrected chi connectivity index (χ0v) is 10.4. The van der Waals surface area contributed by atoms with Gasteiger partial charge in [-0.05, 0) is 33.1 Å². The quantitative estimate of drug-likeness (QED) is 0.840. The van der Waals surface area contributed by atoms with E-state index < -0.39 is 0 Å². The molecule has 0 spiro atoms. The maximum absolute atomic E-state index is 5.63. The first-order valence-corrected chi connectivity index (χ1v) is 5.94. The maximum Gasteiger partial charge on any atom is 0.324 e. The van der Waals surface area contributed by atoms with Crippen LogP contribution in [0.3, 0.4) is 0 Å². The SMILES string of the molecule is CNc1nc(OC(C)C)nc(OC2CCC2)n1. The molecule has 0 aromatic carbocycles. The van der Waals surface area contributed by atoms with Crippen molar-refractivity contribution in [1.29, 1.82) is 0 Å². The molecule has 0 saturated heterocycles. The predicted molar refractivity (Wildman–Crippen MR) is 63.4 cm³/mol. The van der Waals surface area contributed by atoms with Crippen molar-refractivity contribution in [3.63, 3.8) is 0 Å². The number of nitrogens with zero attached hydrogens (tertiary/aromatic N) is 3. The molecule has 0 unspecified atom stereocenters. The largest absolute Gasteiger partial charge is 0.461 e. The van der Waals surface area contributed by atoms with Gasteiger partial charge in [-0.25, -0.2) is 0 Å². The summed E-state index contributed by atoms with van der Waals surface area (Å²) in [6.07, 6.45) is 3.62. The fraction of sp³-hybridized carbons (Fsp3) is 0.727. The normalized spacial score (nSPS) is 15.5. The molecule has 0 aliphatic heterocycles. The van der Waals surface area contributed by atoms with E-state index in [0.717, 1.165) is 12.8 Å². The van der Waals surface area contributed by atoms with Crippen LogP contribution < -0.4 is 14.8 Å². The minimum atomic E-state index is 0.0265.